The second-order valence-corrected chi connectivity index (χ2v) is 7.87. The van der Waals surface area contributed by atoms with E-state index in [4.69, 9.17) is 19.3 Å². The van der Waals surface area contributed by atoms with E-state index in [1.807, 2.05) is 42.5 Å². The summed E-state index contributed by atoms with van der Waals surface area (Å²) in [5.41, 5.74) is 3.89. The molecule has 0 saturated carbocycles. The minimum atomic E-state index is 0.288. The number of rotatable bonds is 13. The second kappa shape index (κ2) is 16.8. The maximum absolute atomic E-state index is 8.61. The Labute approximate surface area is 199 Å². The minimum absolute atomic E-state index is 0.288. The van der Waals surface area contributed by atoms with Crippen molar-refractivity contribution < 1.29 is 19.3 Å². The van der Waals surface area contributed by atoms with Gasteiger partial charge in [0.05, 0.1) is 20.8 Å². The average molecular weight is 451 g/mol. The molecule has 0 aliphatic rings. The molecular formula is C29H38O4. The quantitative estimate of drug-likeness (QED) is 0.313. The lowest BCUT2D eigenvalue weighted by atomic mass is 10.1. The van der Waals surface area contributed by atoms with Crippen molar-refractivity contribution in [3.05, 3.63) is 95.6 Å². The molecule has 0 amide bonds. The van der Waals surface area contributed by atoms with Crippen molar-refractivity contribution in [3.63, 3.8) is 0 Å². The zero-order valence-corrected chi connectivity index (χ0v) is 20.0. The maximum Gasteiger partial charge on any atom is 0.118 e. The molecular weight excluding hydrogens is 412 g/mol. The Morgan fingerprint density at radius 1 is 0.576 bits per heavy atom. The molecule has 0 atom stereocenters. The third-order valence-corrected chi connectivity index (χ3v) is 5.31. The van der Waals surface area contributed by atoms with Crippen molar-refractivity contribution in [2.75, 3.05) is 27.4 Å². The van der Waals surface area contributed by atoms with Crippen LogP contribution < -0.4 is 9.47 Å². The first kappa shape index (κ1) is 26.4. The Balaban J connectivity index is 0.000000257. The van der Waals surface area contributed by atoms with Gasteiger partial charge in [0.2, 0.25) is 0 Å². The van der Waals surface area contributed by atoms with Crippen LogP contribution in [0.5, 0.6) is 11.5 Å². The second-order valence-electron chi connectivity index (χ2n) is 7.87. The predicted molar refractivity (Wildman–Crippen MR) is 135 cm³/mol. The number of aliphatic hydroxyl groups is 1. The molecule has 0 heterocycles. The highest BCUT2D eigenvalue weighted by atomic mass is 16.5. The van der Waals surface area contributed by atoms with E-state index in [1.54, 1.807) is 14.2 Å². The summed E-state index contributed by atoms with van der Waals surface area (Å²) < 4.78 is 15.9. The molecule has 3 rings (SSSR count). The van der Waals surface area contributed by atoms with Crippen LogP contribution >= 0.6 is 0 Å². The van der Waals surface area contributed by atoms with E-state index in [0.717, 1.165) is 56.6 Å². The lowest BCUT2D eigenvalue weighted by Gasteiger charge is -2.05. The van der Waals surface area contributed by atoms with E-state index in [1.165, 1.54) is 16.7 Å². The van der Waals surface area contributed by atoms with E-state index >= 15 is 0 Å². The van der Waals surface area contributed by atoms with E-state index in [-0.39, 0.29) is 6.61 Å². The smallest absolute Gasteiger partial charge is 0.118 e. The Bertz CT molecular complexity index is 845. The summed E-state index contributed by atoms with van der Waals surface area (Å²) in [4.78, 5) is 0. The molecule has 33 heavy (non-hydrogen) atoms. The Morgan fingerprint density at radius 2 is 1.09 bits per heavy atom. The molecule has 178 valence electrons. The molecule has 4 nitrogen and oxygen atoms in total. The third-order valence-electron chi connectivity index (χ3n) is 5.31. The fourth-order valence-electron chi connectivity index (χ4n) is 3.32. The van der Waals surface area contributed by atoms with Crippen LogP contribution in [-0.2, 0) is 24.2 Å². The number of aryl methyl sites for hydroxylation is 2. The van der Waals surface area contributed by atoms with E-state index in [9.17, 15) is 0 Å². The van der Waals surface area contributed by atoms with Gasteiger partial charge >= 0.3 is 0 Å². The largest absolute Gasteiger partial charge is 0.497 e. The molecule has 0 saturated heterocycles. The molecule has 0 aliphatic heterocycles. The first-order valence-electron chi connectivity index (χ1n) is 11.7. The summed E-state index contributed by atoms with van der Waals surface area (Å²) in [7, 11) is 3.36. The van der Waals surface area contributed by atoms with Gasteiger partial charge in [-0.3, -0.25) is 0 Å². The van der Waals surface area contributed by atoms with Gasteiger partial charge < -0.3 is 19.3 Å². The lowest BCUT2D eigenvalue weighted by molar-refractivity contribution is 0.117. The van der Waals surface area contributed by atoms with Crippen LogP contribution in [0.1, 0.15) is 42.4 Å². The lowest BCUT2D eigenvalue weighted by Crippen LogP contribution is -1.96. The van der Waals surface area contributed by atoms with Gasteiger partial charge in [-0.15, -0.1) is 0 Å². The molecule has 4 heteroatoms. The van der Waals surface area contributed by atoms with Crippen LogP contribution in [0.2, 0.25) is 0 Å². The first-order chi connectivity index (χ1) is 16.2. The van der Waals surface area contributed by atoms with Gasteiger partial charge in [0, 0.05) is 13.2 Å². The van der Waals surface area contributed by atoms with Gasteiger partial charge in [0.15, 0.2) is 0 Å². The van der Waals surface area contributed by atoms with Crippen LogP contribution in [-0.4, -0.2) is 32.5 Å². The molecule has 0 fully saturated rings. The fourth-order valence-corrected chi connectivity index (χ4v) is 3.32. The number of methoxy groups -OCH3 is 2. The number of ether oxygens (including phenoxy) is 3. The molecule has 0 aromatic heterocycles. The maximum atomic E-state index is 8.61. The van der Waals surface area contributed by atoms with Gasteiger partial charge in [-0.1, -0.05) is 54.6 Å². The van der Waals surface area contributed by atoms with Gasteiger partial charge in [0.25, 0.3) is 0 Å². The number of hydrogen-bond acceptors (Lipinski definition) is 4. The normalized spacial score (nSPS) is 10.3. The first-order valence-corrected chi connectivity index (χ1v) is 11.7. The molecule has 1 N–H and O–H groups in total. The highest BCUT2D eigenvalue weighted by molar-refractivity contribution is 5.27. The fraction of sp³-hybridized carbons (Fsp3) is 0.379. The molecule has 0 bridgehead atoms. The Morgan fingerprint density at radius 3 is 1.58 bits per heavy atom. The van der Waals surface area contributed by atoms with Crippen molar-refractivity contribution in [2.24, 2.45) is 0 Å². The van der Waals surface area contributed by atoms with Crippen molar-refractivity contribution >= 4 is 0 Å². The van der Waals surface area contributed by atoms with Gasteiger partial charge in [0.1, 0.15) is 11.5 Å². The summed E-state index contributed by atoms with van der Waals surface area (Å²) in [6.45, 7) is 1.82. The molecule has 3 aromatic rings. The molecule has 3 aromatic carbocycles. The Kier molecular flexibility index (Phi) is 13.4. The SMILES string of the molecule is COc1ccc(CCCCO)cc1.COc1ccc(CCCCOCc2ccccc2)cc1. The van der Waals surface area contributed by atoms with Crippen molar-refractivity contribution in [3.8, 4) is 11.5 Å². The van der Waals surface area contributed by atoms with Crippen molar-refractivity contribution in [1.29, 1.82) is 0 Å². The predicted octanol–water partition coefficient (Wildman–Crippen LogP) is 6.24. The van der Waals surface area contributed by atoms with Crippen LogP contribution in [0.3, 0.4) is 0 Å². The van der Waals surface area contributed by atoms with E-state index in [2.05, 4.69) is 36.4 Å². The Hall–Kier alpha value is -2.82. The highest BCUT2D eigenvalue weighted by Gasteiger charge is 1.97. The number of aliphatic hydroxyl groups excluding tert-OH is 1. The summed E-state index contributed by atoms with van der Waals surface area (Å²) in [6, 6.07) is 26.7. The number of unbranched alkanes of at least 4 members (excludes halogenated alkanes) is 2. The van der Waals surface area contributed by atoms with Crippen LogP contribution in [0.4, 0.5) is 0 Å². The van der Waals surface area contributed by atoms with Crippen LogP contribution in [0.15, 0.2) is 78.9 Å². The van der Waals surface area contributed by atoms with Gasteiger partial charge in [-0.25, -0.2) is 0 Å². The van der Waals surface area contributed by atoms with Crippen LogP contribution in [0.25, 0.3) is 0 Å². The highest BCUT2D eigenvalue weighted by Crippen LogP contribution is 2.14. The topological polar surface area (TPSA) is 47.9 Å². The zero-order chi connectivity index (χ0) is 23.6. The van der Waals surface area contributed by atoms with E-state index in [0.29, 0.717) is 6.61 Å². The molecule has 0 unspecified atom stereocenters. The van der Waals surface area contributed by atoms with Gasteiger partial charge in [-0.05, 0) is 79.5 Å². The average Bonchev–Trinajstić information content (AvgIpc) is 2.88. The molecule has 0 spiro atoms. The third kappa shape index (κ3) is 11.6. The zero-order valence-electron chi connectivity index (χ0n) is 20.0. The van der Waals surface area contributed by atoms with Crippen LogP contribution in [0, 0.1) is 0 Å². The summed E-state index contributed by atoms with van der Waals surface area (Å²) in [6.07, 6.45) is 6.30. The molecule has 0 radical (unpaired) electrons. The number of hydrogen-bond donors (Lipinski definition) is 1. The monoisotopic (exact) mass is 450 g/mol. The van der Waals surface area contributed by atoms with Crippen molar-refractivity contribution in [2.45, 2.75) is 45.1 Å². The standard InChI is InChI=1S/C18H22O2.C11H16O2/c1-19-18-12-10-16(11-13-18)7-5-6-14-20-15-17-8-3-2-4-9-17;1-13-11-7-5-10(6-8-11)4-2-3-9-12/h2-4,8-13H,5-7,14-15H2,1H3;5-8,12H,2-4,9H2,1H3. The summed E-state index contributed by atoms with van der Waals surface area (Å²) in [5, 5.41) is 8.61. The van der Waals surface area contributed by atoms with E-state index < -0.39 is 0 Å². The minimum Gasteiger partial charge on any atom is -0.497 e. The van der Waals surface area contributed by atoms with Gasteiger partial charge in [-0.2, -0.15) is 0 Å². The number of benzene rings is 3. The summed E-state index contributed by atoms with van der Waals surface area (Å²) >= 11 is 0. The van der Waals surface area contributed by atoms with Crippen molar-refractivity contribution in [1.82, 2.24) is 0 Å². The summed E-state index contributed by atoms with van der Waals surface area (Å²) in [5.74, 6) is 1.81. The molecule has 0 aliphatic carbocycles.